The van der Waals surface area contributed by atoms with Crippen LogP contribution in [0.2, 0.25) is 0 Å². The fourth-order valence-corrected chi connectivity index (χ4v) is 2.86. The van der Waals surface area contributed by atoms with E-state index in [0.717, 1.165) is 36.8 Å². The molecular formula is C15H23N3O2. The Hall–Kier alpha value is -1.62. The number of hydrogen-bond acceptors (Lipinski definition) is 4. The number of non-ortho nitro benzene ring substituents is 1. The molecule has 5 heteroatoms. The Bertz CT molecular complexity index is 468. The average Bonchev–Trinajstić information content (AvgIpc) is 2.45. The second-order valence-corrected chi connectivity index (χ2v) is 5.61. The number of nitrogens with one attached hydrogen (secondary N) is 1. The summed E-state index contributed by atoms with van der Waals surface area (Å²) in [4.78, 5) is 12.9. The van der Waals surface area contributed by atoms with E-state index < -0.39 is 0 Å². The van der Waals surface area contributed by atoms with Crippen molar-refractivity contribution >= 4 is 11.4 Å². The Balaban J connectivity index is 2.01. The van der Waals surface area contributed by atoms with Gasteiger partial charge in [-0.1, -0.05) is 0 Å². The van der Waals surface area contributed by atoms with Crippen molar-refractivity contribution in [3.8, 4) is 0 Å². The van der Waals surface area contributed by atoms with E-state index in [1.807, 2.05) is 20.0 Å². The van der Waals surface area contributed by atoms with Crippen molar-refractivity contribution in [2.45, 2.75) is 26.2 Å². The molecule has 1 N–H and O–H groups in total. The van der Waals surface area contributed by atoms with Crippen LogP contribution in [0.3, 0.4) is 0 Å². The van der Waals surface area contributed by atoms with Crippen LogP contribution in [0.15, 0.2) is 18.2 Å². The van der Waals surface area contributed by atoms with Gasteiger partial charge in [0.2, 0.25) is 0 Å². The number of anilines is 1. The van der Waals surface area contributed by atoms with Gasteiger partial charge in [0.15, 0.2) is 0 Å². The molecule has 1 fully saturated rings. The standard InChI is InChI=1S/C15H23N3O2/c1-12-9-14(11-15(10-12)18(19)20)17-7-4-13(5-8-17)3-6-16-2/h9-11,13,16H,3-8H2,1-2H3. The van der Waals surface area contributed by atoms with E-state index >= 15 is 0 Å². The molecule has 0 bridgehead atoms. The molecule has 2 rings (SSSR count). The van der Waals surface area contributed by atoms with Gasteiger partial charge in [0.25, 0.3) is 5.69 Å². The molecule has 1 aromatic carbocycles. The van der Waals surface area contributed by atoms with E-state index in [0.29, 0.717) is 0 Å². The van der Waals surface area contributed by atoms with Crippen LogP contribution < -0.4 is 10.2 Å². The fourth-order valence-electron chi connectivity index (χ4n) is 2.86. The summed E-state index contributed by atoms with van der Waals surface area (Å²) < 4.78 is 0. The smallest absolute Gasteiger partial charge is 0.271 e. The highest BCUT2D eigenvalue weighted by Gasteiger charge is 2.20. The third-order valence-corrected chi connectivity index (χ3v) is 4.04. The van der Waals surface area contributed by atoms with E-state index in [1.165, 1.54) is 19.3 Å². The minimum absolute atomic E-state index is 0.192. The Morgan fingerprint density at radius 3 is 2.65 bits per heavy atom. The molecule has 5 nitrogen and oxygen atoms in total. The van der Waals surface area contributed by atoms with Crippen LogP contribution in [-0.4, -0.2) is 31.6 Å². The largest absolute Gasteiger partial charge is 0.371 e. The van der Waals surface area contributed by atoms with Crippen LogP contribution in [0, 0.1) is 23.0 Å². The minimum atomic E-state index is -0.309. The van der Waals surface area contributed by atoms with Crippen LogP contribution in [0.5, 0.6) is 0 Å². The van der Waals surface area contributed by atoms with E-state index in [1.54, 1.807) is 12.1 Å². The van der Waals surface area contributed by atoms with Crippen LogP contribution in [0.4, 0.5) is 11.4 Å². The van der Waals surface area contributed by atoms with Gasteiger partial charge in [-0.2, -0.15) is 0 Å². The lowest BCUT2D eigenvalue weighted by atomic mass is 9.93. The lowest BCUT2D eigenvalue weighted by molar-refractivity contribution is -0.384. The second kappa shape index (κ2) is 6.70. The second-order valence-electron chi connectivity index (χ2n) is 5.61. The van der Waals surface area contributed by atoms with Crippen molar-refractivity contribution in [2.24, 2.45) is 5.92 Å². The number of nitro benzene ring substituents is 1. The molecule has 0 unspecified atom stereocenters. The summed E-state index contributed by atoms with van der Waals surface area (Å²) >= 11 is 0. The maximum Gasteiger partial charge on any atom is 0.271 e. The third kappa shape index (κ3) is 3.70. The van der Waals surface area contributed by atoms with Gasteiger partial charge in [0.05, 0.1) is 4.92 Å². The lowest BCUT2D eigenvalue weighted by Gasteiger charge is -2.33. The van der Waals surface area contributed by atoms with E-state index in [4.69, 9.17) is 0 Å². The molecule has 1 saturated heterocycles. The summed E-state index contributed by atoms with van der Waals surface area (Å²) in [7, 11) is 1.99. The molecule has 1 aliphatic heterocycles. The van der Waals surface area contributed by atoms with Crippen LogP contribution in [0.1, 0.15) is 24.8 Å². The van der Waals surface area contributed by atoms with Crippen LogP contribution in [0.25, 0.3) is 0 Å². The highest BCUT2D eigenvalue weighted by Crippen LogP contribution is 2.28. The molecule has 1 heterocycles. The van der Waals surface area contributed by atoms with Gasteiger partial charge in [-0.05, 0) is 57.3 Å². The number of aryl methyl sites for hydroxylation is 1. The van der Waals surface area contributed by atoms with Crippen molar-refractivity contribution in [1.82, 2.24) is 5.32 Å². The van der Waals surface area contributed by atoms with E-state index in [-0.39, 0.29) is 10.6 Å². The third-order valence-electron chi connectivity index (χ3n) is 4.04. The molecule has 0 aliphatic carbocycles. The predicted molar refractivity (Wildman–Crippen MR) is 81.3 cm³/mol. The molecule has 0 amide bonds. The number of benzene rings is 1. The van der Waals surface area contributed by atoms with Crippen molar-refractivity contribution in [1.29, 1.82) is 0 Å². The summed E-state index contributed by atoms with van der Waals surface area (Å²) in [6.45, 7) is 4.97. The zero-order valence-corrected chi connectivity index (χ0v) is 12.3. The first-order valence-corrected chi connectivity index (χ1v) is 7.26. The van der Waals surface area contributed by atoms with Gasteiger partial charge in [-0.25, -0.2) is 0 Å². The van der Waals surface area contributed by atoms with Gasteiger partial charge in [0.1, 0.15) is 0 Å². The van der Waals surface area contributed by atoms with E-state index in [2.05, 4.69) is 10.2 Å². The Morgan fingerprint density at radius 1 is 1.35 bits per heavy atom. The molecule has 110 valence electrons. The summed E-state index contributed by atoms with van der Waals surface area (Å²) in [5, 5.41) is 14.1. The average molecular weight is 277 g/mol. The predicted octanol–water partition coefficient (Wildman–Crippen LogP) is 2.73. The maximum absolute atomic E-state index is 10.9. The Kier molecular flexibility index (Phi) is 4.95. The number of hydrogen-bond donors (Lipinski definition) is 1. The van der Waals surface area contributed by atoms with Crippen molar-refractivity contribution < 1.29 is 4.92 Å². The normalized spacial score (nSPS) is 16.4. The summed E-state index contributed by atoms with van der Waals surface area (Å²) in [5.41, 5.74) is 2.13. The SMILES string of the molecule is CNCCC1CCN(c2cc(C)cc([N+](=O)[O-])c2)CC1. The highest BCUT2D eigenvalue weighted by molar-refractivity contribution is 5.55. The molecule has 0 aromatic heterocycles. The lowest BCUT2D eigenvalue weighted by Crippen LogP contribution is -2.34. The highest BCUT2D eigenvalue weighted by atomic mass is 16.6. The van der Waals surface area contributed by atoms with Crippen LogP contribution in [-0.2, 0) is 0 Å². The molecule has 1 aromatic rings. The first-order chi connectivity index (χ1) is 9.60. The number of nitro groups is 1. The molecule has 0 radical (unpaired) electrons. The zero-order chi connectivity index (χ0) is 14.5. The van der Waals surface area contributed by atoms with Crippen molar-refractivity contribution in [3.05, 3.63) is 33.9 Å². The first-order valence-electron chi connectivity index (χ1n) is 7.26. The molecule has 20 heavy (non-hydrogen) atoms. The van der Waals surface area contributed by atoms with Gasteiger partial charge in [-0.3, -0.25) is 10.1 Å². The van der Waals surface area contributed by atoms with Gasteiger partial charge < -0.3 is 10.2 Å². The van der Waals surface area contributed by atoms with Gasteiger partial charge >= 0.3 is 0 Å². The molecular weight excluding hydrogens is 254 g/mol. The van der Waals surface area contributed by atoms with Gasteiger partial charge in [-0.15, -0.1) is 0 Å². The summed E-state index contributed by atoms with van der Waals surface area (Å²) in [6.07, 6.45) is 3.56. The molecule has 1 aliphatic rings. The van der Waals surface area contributed by atoms with Crippen LogP contribution >= 0.6 is 0 Å². The monoisotopic (exact) mass is 277 g/mol. The fraction of sp³-hybridized carbons (Fsp3) is 0.600. The Labute approximate surface area is 120 Å². The van der Waals surface area contributed by atoms with Crippen molar-refractivity contribution in [3.63, 3.8) is 0 Å². The quantitative estimate of drug-likeness (QED) is 0.664. The van der Waals surface area contributed by atoms with Crippen molar-refractivity contribution in [2.75, 3.05) is 31.6 Å². The number of nitrogens with zero attached hydrogens (tertiary/aromatic N) is 2. The molecule has 0 spiro atoms. The zero-order valence-electron chi connectivity index (χ0n) is 12.3. The minimum Gasteiger partial charge on any atom is -0.371 e. The van der Waals surface area contributed by atoms with E-state index in [9.17, 15) is 10.1 Å². The first kappa shape index (κ1) is 14.8. The topological polar surface area (TPSA) is 58.4 Å². The Morgan fingerprint density at radius 2 is 2.05 bits per heavy atom. The molecule has 0 atom stereocenters. The van der Waals surface area contributed by atoms with Gasteiger partial charge in [0, 0.05) is 30.9 Å². The summed E-state index contributed by atoms with van der Waals surface area (Å²) in [6, 6.07) is 5.37. The number of rotatable bonds is 5. The maximum atomic E-state index is 10.9. The molecule has 0 saturated carbocycles. The number of piperidine rings is 1. The summed E-state index contributed by atoms with van der Waals surface area (Å²) in [5.74, 6) is 0.776.